The minimum atomic E-state index is -1.15. The van der Waals surface area contributed by atoms with Crippen LogP contribution in [0.1, 0.15) is 66.4 Å². The quantitative estimate of drug-likeness (QED) is 0.0976. The van der Waals surface area contributed by atoms with Crippen molar-refractivity contribution in [2.24, 2.45) is 34.2 Å². The zero-order chi connectivity index (χ0) is 33.8. The number of amides is 5. The van der Waals surface area contributed by atoms with Crippen LogP contribution in [-0.2, 0) is 30.4 Å². The Labute approximate surface area is 264 Å². The third kappa shape index (κ3) is 11.9. The number of carbonyl (C=O) groups is 5. The maximum absolute atomic E-state index is 13.8. The van der Waals surface area contributed by atoms with Crippen LogP contribution in [0.4, 0.5) is 0 Å². The van der Waals surface area contributed by atoms with Crippen molar-refractivity contribution in [3.05, 3.63) is 29.8 Å². The Morgan fingerprint density at radius 1 is 0.711 bits per heavy atom. The third-order valence-electron chi connectivity index (χ3n) is 7.42. The molecule has 10 N–H and O–H groups in total. The first-order valence-electron chi connectivity index (χ1n) is 15.4. The second kappa shape index (κ2) is 17.2. The summed E-state index contributed by atoms with van der Waals surface area (Å²) in [5.74, 6) is -3.76. The van der Waals surface area contributed by atoms with Gasteiger partial charge in [0.2, 0.25) is 29.5 Å². The highest BCUT2D eigenvalue weighted by molar-refractivity contribution is 5.98. The Morgan fingerprint density at radius 2 is 1.18 bits per heavy atom. The highest BCUT2D eigenvalue weighted by atomic mass is 16.3. The molecule has 0 saturated carbocycles. The van der Waals surface area contributed by atoms with Crippen LogP contribution in [0.5, 0.6) is 5.75 Å². The zero-order valence-corrected chi connectivity index (χ0v) is 27.1. The SMILES string of the molecule is CC(C)C[C@@H]1NC(=O)[C@@H](C(C)C)NC(=O)[C@@H](CCCN=C(N)N)NC(=O)[C@H](Cc2ccc(O)cc2)NC(=O)[C@@H](C(C)C)NC1=O. The van der Waals surface area contributed by atoms with E-state index in [1.54, 1.807) is 39.8 Å². The van der Waals surface area contributed by atoms with Crippen molar-refractivity contribution in [3.8, 4) is 5.75 Å². The molecule has 1 saturated heterocycles. The molecule has 5 amide bonds. The molecule has 0 unspecified atom stereocenters. The van der Waals surface area contributed by atoms with Crippen LogP contribution >= 0.6 is 0 Å². The number of hydrogen-bond acceptors (Lipinski definition) is 7. The normalized spacial score (nSPS) is 23.8. The summed E-state index contributed by atoms with van der Waals surface area (Å²) in [4.78, 5) is 72.0. The average molecular weight is 631 g/mol. The third-order valence-corrected chi connectivity index (χ3v) is 7.42. The number of benzene rings is 1. The molecule has 1 heterocycles. The molecule has 1 aliphatic heterocycles. The molecule has 45 heavy (non-hydrogen) atoms. The average Bonchev–Trinajstić information content (AvgIpc) is 2.94. The molecule has 0 aliphatic carbocycles. The van der Waals surface area contributed by atoms with Crippen LogP contribution in [-0.4, -0.2) is 77.4 Å². The summed E-state index contributed by atoms with van der Waals surface area (Å²) in [6.45, 7) is 11.0. The summed E-state index contributed by atoms with van der Waals surface area (Å²) in [5, 5.41) is 23.5. The molecule has 0 spiro atoms. The van der Waals surface area contributed by atoms with E-state index < -0.39 is 59.7 Å². The number of nitrogens with zero attached hydrogens (tertiary/aromatic N) is 1. The summed E-state index contributed by atoms with van der Waals surface area (Å²) in [6, 6.07) is 0.892. The van der Waals surface area contributed by atoms with Gasteiger partial charge in [-0.1, -0.05) is 53.7 Å². The molecule has 5 atom stereocenters. The lowest BCUT2D eigenvalue weighted by Gasteiger charge is -2.28. The molecule has 0 radical (unpaired) electrons. The van der Waals surface area contributed by atoms with E-state index >= 15 is 0 Å². The lowest BCUT2D eigenvalue weighted by atomic mass is 9.98. The summed E-state index contributed by atoms with van der Waals surface area (Å²) >= 11 is 0. The molecule has 1 fully saturated rings. The second-order valence-corrected chi connectivity index (χ2v) is 12.6. The Morgan fingerprint density at radius 3 is 1.67 bits per heavy atom. The number of nitrogens with two attached hydrogens (primary N) is 2. The van der Waals surface area contributed by atoms with Crippen LogP contribution in [0.2, 0.25) is 0 Å². The largest absolute Gasteiger partial charge is 0.508 e. The van der Waals surface area contributed by atoms with Gasteiger partial charge in [-0.3, -0.25) is 29.0 Å². The Balaban J connectivity index is 2.58. The van der Waals surface area contributed by atoms with Gasteiger partial charge in [-0.2, -0.15) is 0 Å². The van der Waals surface area contributed by atoms with E-state index in [-0.39, 0.29) is 48.8 Å². The van der Waals surface area contributed by atoms with Gasteiger partial charge in [0.05, 0.1) is 0 Å². The summed E-state index contributed by atoms with van der Waals surface area (Å²) in [7, 11) is 0. The number of rotatable bonds is 10. The number of nitrogens with one attached hydrogen (secondary N) is 5. The minimum Gasteiger partial charge on any atom is -0.508 e. The molecule has 1 aromatic rings. The van der Waals surface area contributed by atoms with E-state index in [1.165, 1.54) is 12.1 Å². The predicted octanol–water partition coefficient (Wildman–Crippen LogP) is -0.216. The second-order valence-electron chi connectivity index (χ2n) is 12.6. The van der Waals surface area contributed by atoms with E-state index in [0.29, 0.717) is 18.4 Å². The van der Waals surface area contributed by atoms with Crippen molar-refractivity contribution in [3.63, 3.8) is 0 Å². The van der Waals surface area contributed by atoms with E-state index in [9.17, 15) is 29.1 Å². The summed E-state index contributed by atoms with van der Waals surface area (Å²) < 4.78 is 0. The number of aromatic hydroxyl groups is 1. The van der Waals surface area contributed by atoms with Gasteiger partial charge in [0.25, 0.3) is 0 Å². The Bertz CT molecular complexity index is 1210. The molecule has 250 valence electrons. The summed E-state index contributed by atoms with van der Waals surface area (Å²) in [5.41, 5.74) is 11.5. The molecular formula is C31H50N8O6. The van der Waals surface area contributed by atoms with Gasteiger partial charge in [0.15, 0.2) is 5.96 Å². The molecule has 1 aliphatic rings. The van der Waals surface area contributed by atoms with E-state index in [2.05, 4.69) is 31.6 Å². The highest BCUT2D eigenvalue weighted by Gasteiger charge is 2.36. The topological polar surface area (TPSA) is 230 Å². The van der Waals surface area contributed by atoms with Gasteiger partial charge in [-0.25, -0.2) is 0 Å². The fourth-order valence-electron chi connectivity index (χ4n) is 4.93. The zero-order valence-electron chi connectivity index (χ0n) is 27.1. The molecule has 2 rings (SSSR count). The van der Waals surface area contributed by atoms with Gasteiger partial charge in [0, 0.05) is 13.0 Å². The van der Waals surface area contributed by atoms with E-state index in [1.807, 2.05) is 13.8 Å². The number of carbonyl (C=O) groups excluding carboxylic acids is 5. The predicted molar refractivity (Wildman–Crippen MR) is 171 cm³/mol. The number of aliphatic imine (C=N–C) groups is 1. The van der Waals surface area contributed by atoms with Crippen LogP contribution < -0.4 is 38.1 Å². The number of guanidine groups is 1. The molecule has 14 nitrogen and oxygen atoms in total. The fourth-order valence-corrected chi connectivity index (χ4v) is 4.93. The van der Waals surface area contributed by atoms with Gasteiger partial charge < -0.3 is 43.2 Å². The monoisotopic (exact) mass is 630 g/mol. The molecule has 0 bridgehead atoms. The fraction of sp³-hybridized carbons (Fsp3) is 0.613. The Kier molecular flexibility index (Phi) is 14.1. The Hall–Kier alpha value is -4.36. The lowest BCUT2D eigenvalue weighted by Crippen LogP contribution is -2.59. The maximum Gasteiger partial charge on any atom is 0.243 e. The van der Waals surface area contributed by atoms with Crippen LogP contribution in [0.25, 0.3) is 0 Å². The molecular weight excluding hydrogens is 580 g/mol. The first kappa shape index (κ1) is 36.8. The van der Waals surface area contributed by atoms with Crippen molar-refractivity contribution in [2.75, 3.05) is 6.54 Å². The highest BCUT2D eigenvalue weighted by Crippen LogP contribution is 2.14. The molecule has 1 aromatic carbocycles. The number of phenolic OH excluding ortho intramolecular Hbond substituents is 1. The van der Waals surface area contributed by atoms with Crippen molar-refractivity contribution >= 4 is 35.5 Å². The first-order valence-corrected chi connectivity index (χ1v) is 15.4. The van der Waals surface area contributed by atoms with Gasteiger partial charge in [0.1, 0.15) is 36.0 Å². The summed E-state index contributed by atoms with van der Waals surface area (Å²) in [6.07, 6.45) is 0.780. The van der Waals surface area contributed by atoms with Gasteiger partial charge >= 0.3 is 0 Å². The number of phenols is 1. The van der Waals surface area contributed by atoms with E-state index in [4.69, 9.17) is 11.5 Å². The van der Waals surface area contributed by atoms with Crippen molar-refractivity contribution in [1.29, 1.82) is 0 Å². The minimum absolute atomic E-state index is 0.0210. The van der Waals surface area contributed by atoms with E-state index in [0.717, 1.165) is 0 Å². The standard InChI is InChI=1S/C31H50N8O6/c1-16(2)14-22-28(43)39-25(18(5)6)30(45)37-23(15-19-9-11-20(40)12-10-19)27(42)35-21(8-7-13-34-31(32)33)26(41)38-24(17(3)4)29(44)36-22/h9-12,16-18,21-25,40H,7-8,13-15H2,1-6H3,(H,35,42)(H,36,44)(H,37,45)(H,38,41)(H,39,43)(H4,32,33,34)/t21-,22+,23+,24-,25-/m1/s1. The molecule has 0 aromatic heterocycles. The molecule has 14 heteroatoms. The number of hydrogen-bond donors (Lipinski definition) is 8. The van der Waals surface area contributed by atoms with Gasteiger partial charge in [-0.05, 0) is 54.7 Å². The lowest BCUT2D eigenvalue weighted by molar-refractivity contribution is -0.135. The smallest absolute Gasteiger partial charge is 0.243 e. The van der Waals surface area contributed by atoms with Crippen LogP contribution in [0.3, 0.4) is 0 Å². The van der Waals surface area contributed by atoms with Gasteiger partial charge in [-0.15, -0.1) is 0 Å². The van der Waals surface area contributed by atoms with Crippen LogP contribution in [0, 0.1) is 17.8 Å². The maximum atomic E-state index is 13.8. The van der Waals surface area contributed by atoms with Crippen LogP contribution in [0.15, 0.2) is 29.3 Å². The first-order chi connectivity index (χ1) is 21.1. The van der Waals surface area contributed by atoms with Crippen molar-refractivity contribution in [2.45, 2.75) is 97.4 Å². The van der Waals surface area contributed by atoms with Crippen molar-refractivity contribution in [1.82, 2.24) is 26.6 Å². The van der Waals surface area contributed by atoms with Crippen molar-refractivity contribution < 1.29 is 29.1 Å².